The van der Waals surface area contributed by atoms with E-state index in [2.05, 4.69) is 20.3 Å². The quantitative estimate of drug-likeness (QED) is 0.288. The molecular formula is C25H27N5O2S. The van der Waals surface area contributed by atoms with E-state index in [1.54, 1.807) is 17.9 Å². The summed E-state index contributed by atoms with van der Waals surface area (Å²) in [7, 11) is 0. The number of rotatable bonds is 11. The number of hydrogen-bond donors (Lipinski definition) is 2. The van der Waals surface area contributed by atoms with Crippen molar-refractivity contribution in [3.63, 3.8) is 0 Å². The Morgan fingerprint density at radius 3 is 2.79 bits per heavy atom. The van der Waals surface area contributed by atoms with Crippen molar-refractivity contribution in [3.05, 3.63) is 65.0 Å². The average Bonchev–Trinajstić information content (AvgIpc) is 3.55. The van der Waals surface area contributed by atoms with Gasteiger partial charge in [0.2, 0.25) is 0 Å². The molecule has 2 N–H and O–H groups in total. The number of amides is 1. The third-order valence-electron chi connectivity index (χ3n) is 5.60. The van der Waals surface area contributed by atoms with Crippen LogP contribution in [0, 0.1) is 0 Å². The highest BCUT2D eigenvalue weighted by molar-refractivity contribution is 7.11. The van der Waals surface area contributed by atoms with Gasteiger partial charge in [-0.25, -0.2) is 9.97 Å². The van der Waals surface area contributed by atoms with Crippen LogP contribution >= 0.6 is 11.3 Å². The molecule has 3 aromatic heterocycles. The molecule has 0 unspecified atom stereocenters. The van der Waals surface area contributed by atoms with E-state index in [-0.39, 0.29) is 11.9 Å². The SMILES string of the molecule is CCC(=O)CCCCC[C@H](NC(=O)c1cncs1)c1ncc(-c2ccc3ccccc3n2)[nH]1. The van der Waals surface area contributed by atoms with Gasteiger partial charge in [-0.1, -0.05) is 44.0 Å². The molecule has 4 rings (SSSR count). The summed E-state index contributed by atoms with van der Waals surface area (Å²) < 4.78 is 0. The van der Waals surface area contributed by atoms with Crippen molar-refractivity contribution in [3.8, 4) is 11.4 Å². The number of Topliss-reactive ketones (excluding diaryl/α,β-unsaturated/α-hetero) is 1. The lowest BCUT2D eigenvalue weighted by Crippen LogP contribution is -2.28. The molecule has 0 spiro atoms. The van der Waals surface area contributed by atoms with E-state index < -0.39 is 0 Å². The number of imidazole rings is 1. The second-order valence-corrected chi connectivity index (χ2v) is 8.84. The molecule has 0 saturated carbocycles. The van der Waals surface area contributed by atoms with E-state index >= 15 is 0 Å². The molecule has 0 aliphatic carbocycles. The van der Waals surface area contributed by atoms with Gasteiger partial charge in [0, 0.05) is 18.2 Å². The monoisotopic (exact) mass is 461 g/mol. The predicted molar refractivity (Wildman–Crippen MR) is 130 cm³/mol. The predicted octanol–water partition coefficient (Wildman–Crippen LogP) is 5.48. The fourth-order valence-corrected chi connectivity index (χ4v) is 4.24. The van der Waals surface area contributed by atoms with Crippen LogP contribution in [0.15, 0.2) is 54.3 Å². The summed E-state index contributed by atoms with van der Waals surface area (Å²) in [5.74, 6) is 0.830. The van der Waals surface area contributed by atoms with E-state index in [1.807, 2.05) is 43.3 Å². The van der Waals surface area contributed by atoms with E-state index in [1.165, 1.54) is 11.3 Å². The maximum absolute atomic E-state index is 12.7. The van der Waals surface area contributed by atoms with Crippen molar-refractivity contribution in [2.75, 3.05) is 0 Å². The van der Waals surface area contributed by atoms with Gasteiger partial charge in [0.15, 0.2) is 0 Å². The number of fused-ring (bicyclic) bond motifs is 1. The van der Waals surface area contributed by atoms with Crippen molar-refractivity contribution in [2.24, 2.45) is 0 Å². The normalized spacial score (nSPS) is 12.0. The highest BCUT2D eigenvalue weighted by atomic mass is 32.1. The summed E-state index contributed by atoms with van der Waals surface area (Å²) in [6, 6.07) is 11.7. The van der Waals surface area contributed by atoms with Crippen molar-refractivity contribution in [1.29, 1.82) is 0 Å². The molecule has 0 fully saturated rings. The zero-order valence-corrected chi connectivity index (χ0v) is 19.4. The van der Waals surface area contributed by atoms with Crippen LogP contribution < -0.4 is 5.32 Å². The maximum atomic E-state index is 12.7. The molecule has 0 aliphatic heterocycles. The van der Waals surface area contributed by atoms with E-state index in [9.17, 15) is 9.59 Å². The number of para-hydroxylation sites is 1. The lowest BCUT2D eigenvalue weighted by Gasteiger charge is -2.16. The first-order valence-electron chi connectivity index (χ1n) is 11.3. The van der Waals surface area contributed by atoms with Crippen molar-refractivity contribution in [2.45, 2.75) is 51.5 Å². The molecule has 0 saturated heterocycles. The zero-order valence-electron chi connectivity index (χ0n) is 18.6. The van der Waals surface area contributed by atoms with Gasteiger partial charge in [0.05, 0.1) is 40.9 Å². The fourth-order valence-electron chi connectivity index (χ4n) is 3.72. The lowest BCUT2D eigenvalue weighted by molar-refractivity contribution is -0.118. The van der Waals surface area contributed by atoms with Crippen LogP contribution in [-0.2, 0) is 4.79 Å². The number of unbranched alkanes of at least 4 members (excludes halogenated alkanes) is 2. The number of aromatic amines is 1. The highest BCUT2D eigenvalue weighted by Gasteiger charge is 2.20. The molecule has 1 aromatic carbocycles. The van der Waals surface area contributed by atoms with Crippen LogP contribution in [0.3, 0.4) is 0 Å². The maximum Gasteiger partial charge on any atom is 0.263 e. The smallest absolute Gasteiger partial charge is 0.263 e. The number of nitrogens with one attached hydrogen (secondary N) is 2. The highest BCUT2D eigenvalue weighted by Crippen LogP contribution is 2.24. The standard InChI is InChI=1S/C25H27N5O2S/c1-2-18(31)9-4-3-5-11-21(30-25(32)23-15-26-16-33-23)24-27-14-22(29-24)20-13-12-17-8-6-7-10-19(17)28-20/h6-8,10,12-16,21H,2-5,9,11H2,1H3,(H,27,29)(H,30,32)/t21-/m0/s1. The first-order valence-corrected chi connectivity index (χ1v) is 12.1. The number of nitrogens with zero attached hydrogens (tertiary/aromatic N) is 3. The van der Waals surface area contributed by atoms with E-state index in [0.29, 0.717) is 29.3 Å². The molecule has 33 heavy (non-hydrogen) atoms. The minimum Gasteiger partial charge on any atom is -0.341 e. The summed E-state index contributed by atoms with van der Waals surface area (Å²) in [6.07, 6.45) is 7.94. The van der Waals surface area contributed by atoms with Crippen LogP contribution in [-0.4, -0.2) is 31.6 Å². The Bertz CT molecular complexity index is 1220. The molecule has 0 aliphatic rings. The van der Waals surface area contributed by atoms with Crippen LogP contribution in [0.4, 0.5) is 0 Å². The Kier molecular flexibility index (Phi) is 7.57. The van der Waals surface area contributed by atoms with Crippen molar-refractivity contribution >= 4 is 33.9 Å². The molecule has 1 amide bonds. The van der Waals surface area contributed by atoms with Gasteiger partial charge in [-0.15, -0.1) is 11.3 Å². The Labute approximate surface area is 196 Å². The van der Waals surface area contributed by atoms with Gasteiger partial charge in [-0.2, -0.15) is 0 Å². The van der Waals surface area contributed by atoms with E-state index in [4.69, 9.17) is 4.98 Å². The molecular weight excluding hydrogens is 434 g/mol. The van der Waals surface area contributed by atoms with Gasteiger partial charge in [0.1, 0.15) is 16.5 Å². The fraction of sp³-hybridized carbons (Fsp3) is 0.320. The average molecular weight is 462 g/mol. The summed E-state index contributed by atoms with van der Waals surface area (Å²) in [5.41, 5.74) is 4.17. The van der Waals surface area contributed by atoms with Crippen LogP contribution in [0.5, 0.6) is 0 Å². The largest absolute Gasteiger partial charge is 0.341 e. The molecule has 0 bridgehead atoms. The summed E-state index contributed by atoms with van der Waals surface area (Å²) >= 11 is 1.31. The molecule has 4 aromatic rings. The Balaban J connectivity index is 1.48. The Morgan fingerprint density at radius 2 is 1.97 bits per heavy atom. The first kappa shape index (κ1) is 22.8. The van der Waals surface area contributed by atoms with Crippen LogP contribution in [0.25, 0.3) is 22.3 Å². The molecule has 0 radical (unpaired) electrons. The third-order valence-corrected chi connectivity index (χ3v) is 6.38. The Morgan fingerprint density at radius 1 is 1.09 bits per heavy atom. The number of carbonyl (C=O) groups excluding carboxylic acids is 2. The second kappa shape index (κ2) is 11.0. The van der Waals surface area contributed by atoms with Gasteiger partial charge < -0.3 is 10.3 Å². The number of thiazole rings is 1. The number of hydrogen-bond acceptors (Lipinski definition) is 6. The van der Waals surface area contributed by atoms with Crippen LogP contribution in [0.1, 0.15) is 67.0 Å². The number of H-pyrrole nitrogens is 1. The topological polar surface area (TPSA) is 101 Å². The lowest BCUT2D eigenvalue weighted by atomic mass is 10.0. The molecule has 7 nitrogen and oxygen atoms in total. The van der Waals surface area contributed by atoms with Gasteiger partial charge in [0.25, 0.3) is 5.91 Å². The van der Waals surface area contributed by atoms with Crippen molar-refractivity contribution < 1.29 is 9.59 Å². The zero-order chi connectivity index (χ0) is 23.0. The van der Waals surface area contributed by atoms with Gasteiger partial charge in [-0.3, -0.25) is 14.6 Å². The molecule has 8 heteroatoms. The summed E-state index contributed by atoms with van der Waals surface area (Å²) in [6.45, 7) is 1.90. The number of benzene rings is 1. The van der Waals surface area contributed by atoms with Crippen LogP contribution in [0.2, 0.25) is 0 Å². The first-order chi connectivity index (χ1) is 16.1. The third kappa shape index (κ3) is 5.90. The number of ketones is 1. The summed E-state index contributed by atoms with van der Waals surface area (Å²) in [5, 5.41) is 4.17. The summed E-state index contributed by atoms with van der Waals surface area (Å²) in [4.78, 5) is 41.5. The number of aromatic nitrogens is 4. The minimum absolute atomic E-state index is 0.162. The minimum atomic E-state index is -0.268. The molecule has 170 valence electrons. The Hall–Kier alpha value is -3.39. The molecule has 3 heterocycles. The van der Waals surface area contributed by atoms with Gasteiger partial charge >= 0.3 is 0 Å². The number of pyridine rings is 1. The molecule has 1 atom stereocenters. The number of carbonyl (C=O) groups is 2. The second-order valence-electron chi connectivity index (χ2n) is 7.95. The van der Waals surface area contributed by atoms with E-state index in [0.717, 1.165) is 48.0 Å². The van der Waals surface area contributed by atoms with Gasteiger partial charge in [-0.05, 0) is 25.0 Å². The van der Waals surface area contributed by atoms with Crippen molar-refractivity contribution in [1.82, 2.24) is 25.3 Å².